The van der Waals surface area contributed by atoms with Gasteiger partial charge in [0.05, 0.1) is 11.6 Å². The Morgan fingerprint density at radius 2 is 1.94 bits per heavy atom. The van der Waals surface area contributed by atoms with Crippen molar-refractivity contribution in [3.63, 3.8) is 0 Å². The predicted molar refractivity (Wildman–Crippen MR) is 55.3 cm³/mol. The summed E-state index contributed by atoms with van der Waals surface area (Å²) >= 11 is 8.03. The van der Waals surface area contributed by atoms with E-state index < -0.39 is 17.4 Å². The third-order valence-electron chi connectivity index (χ3n) is 1.83. The first kappa shape index (κ1) is 13.6. The minimum absolute atomic E-state index is 0.0989. The van der Waals surface area contributed by atoms with Crippen molar-refractivity contribution in [3.05, 3.63) is 28.0 Å². The molecule has 0 aliphatic heterocycles. The van der Waals surface area contributed by atoms with Crippen LogP contribution in [0.5, 0.6) is 5.75 Å². The Morgan fingerprint density at radius 3 is 2.38 bits per heavy atom. The van der Waals surface area contributed by atoms with E-state index in [9.17, 15) is 17.6 Å². The zero-order valence-corrected chi connectivity index (χ0v) is 10.3. The lowest BCUT2D eigenvalue weighted by molar-refractivity contribution is -0.132. The number of ether oxygens (including phenoxy) is 1. The van der Waals surface area contributed by atoms with Gasteiger partial charge in [-0.1, -0.05) is 0 Å². The molecule has 0 saturated heterocycles. The lowest BCUT2D eigenvalue weighted by atomic mass is 10.1. The average Bonchev–Trinajstić information content (AvgIpc) is 2.19. The molecule has 0 bridgehead atoms. The van der Waals surface area contributed by atoms with Crippen LogP contribution in [-0.2, 0) is 0 Å². The molecule has 0 aliphatic carbocycles. The van der Waals surface area contributed by atoms with Gasteiger partial charge in [-0.25, -0.2) is 4.39 Å². The Kier molecular flexibility index (Phi) is 4.07. The third-order valence-corrected chi connectivity index (χ3v) is 2.92. The van der Waals surface area contributed by atoms with E-state index in [1.165, 1.54) is 0 Å². The maximum absolute atomic E-state index is 13.1. The number of methoxy groups -OCH3 is 1. The molecule has 0 amide bonds. The summed E-state index contributed by atoms with van der Waals surface area (Å²) in [5, 5.41) is -2.24. The second-order valence-electron chi connectivity index (χ2n) is 2.91. The van der Waals surface area contributed by atoms with Crippen molar-refractivity contribution in [1.29, 1.82) is 0 Å². The zero-order valence-electron chi connectivity index (χ0n) is 7.91. The molecule has 16 heavy (non-hydrogen) atoms. The van der Waals surface area contributed by atoms with Crippen LogP contribution >= 0.6 is 27.5 Å². The van der Waals surface area contributed by atoms with Gasteiger partial charge in [0.1, 0.15) is 11.6 Å². The van der Waals surface area contributed by atoms with E-state index in [1.54, 1.807) is 0 Å². The molecule has 7 heteroatoms. The normalized spacial score (nSPS) is 13.7. The number of alkyl halides is 4. The highest BCUT2D eigenvalue weighted by molar-refractivity contribution is 9.10. The smallest absolute Gasteiger partial charge is 0.409 e. The molecule has 0 aromatic heterocycles. The molecule has 1 unspecified atom stereocenters. The van der Waals surface area contributed by atoms with Crippen LogP contribution < -0.4 is 4.74 Å². The molecular formula is C9H6BrClF4O. The fourth-order valence-electron chi connectivity index (χ4n) is 1.10. The van der Waals surface area contributed by atoms with Gasteiger partial charge < -0.3 is 4.74 Å². The quantitative estimate of drug-likeness (QED) is 0.578. The average molecular weight is 321 g/mol. The van der Waals surface area contributed by atoms with Crippen molar-refractivity contribution in [1.82, 2.24) is 0 Å². The van der Waals surface area contributed by atoms with Gasteiger partial charge in [-0.2, -0.15) is 13.2 Å². The second kappa shape index (κ2) is 4.79. The maximum atomic E-state index is 13.1. The van der Waals surface area contributed by atoms with Crippen molar-refractivity contribution in [3.8, 4) is 5.75 Å². The van der Waals surface area contributed by atoms with Crippen LogP contribution in [0.15, 0.2) is 16.6 Å². The SMILES string of the molecule is COc1cc(F)c(Br)cc1C(Cl)C(F)(F)F. The van der Waals surface area contributed by atoms with Crippen LogP contribution in [0.25, 0.3) is 0 Å². The van der Waals surface area contributed by atoms with Gasteiger partial charge in [-0.15, -0.1) is 11.6 Å². The van der Waals surface area contributed by atoms with E-state index in [-0.39, 0.29) is 15.8 Å². The lowest BCUT2D eigenvalue weighted by Crippen LogP contribution is -2.16. The Balaban J connectivity index is 3.27. The largest absolute Gasteiger partial charge is 0.496 e. The molecule has 1 rings (SSSR count). The van der Waals surface area contributed by atoms with Gasteiger partial charge in [0.2, 0.25) is 0 Å². The Labute approximate surface area is 102 Å². The third kappa shape index (κ3) is 2.79. The molecule has 0 fully saturated rings. The molecule has 0 saturated carbocycles. The molecule has 0 spiro atoms. The summed E-state index contributed by atoms with van der Waals surface area (Å²) < 4.78 is 54.8. The monoisotopic (exact) mass is 320 g/mol. The first-order valence-corrected chi connectivity index (χ1v) is 5.24. The molecule has 0 heterocycles. The van der Waals surface area contributed by atoms with Crippen LogP contribution in [0, 0.1) is 5.82 Å². The van der Waals surface area contributed by atoms with Crippen molar-refractivity contribution in [2.24, 2.45) is 0 Å². The van der Waals surface area contributed by atoms with Crippen LogP contribution in [0.3, 0.4) is 0 Å². The Bertz CT molecular complexity index is 394. The van der Waals surface area contributed by atoms with Crippen molar-refractivity contribution >= 4 is 27.5 Å². The second-order valence-corrected chi connectivity index (χ2v) is 4.20. The van der Waals surface area contributed by atoms with Gasteiger partial charge >= 0.3 is 6.18 Å². The topological polar surface area (TPSA) is 9.23 Å². The summed E-state index contributed by atoms with van der Waals surface area (Å²) in [7, 11) is 1.15. The Hall–Kier alpha value is -0.490. The molecule has 0 aliphatic rings. The van der Waals surface area contributed by atoms with Gasteiger partial charge in [0, 0.05) is 11.6 Å². The molecule has 90 valence electrons. The van der Waals surface area contributed by atoms with E-state index in [2.05, 4.69) is 20.7 Å². The number of hydrogen-bond acceptors (Lipinski definition) is 1. The standard InChI is InChI=1S/C9H6BrClF4O/c1-16-7-3-6(12)5(10)2-4(7)8(11)9(13,14)15/h2-3,8H,1H3. The maximum Gasteiger partial charge on any atom is 0.409 e. The van der Waals surface area contributed by atoms with Gasteiger partial charge in [0.25, 0.3) is 0 Å². The lowest BCUT2D eigenvalue weighted by Gasteiger charge is -2.17. The summed E-state index contributed by atoms with van der Waals surface area (Å²) in [6.07, 6.45) is -4.62. The summed E-state index contributed by atoms with van der Waals surface area (Å²) in [5.41, 5.74) is -0.329. The summed E-state index contributed by atoms with van der Waals surface area (Å²) in [4.78, 5) is 0. The summed E-state index contributed by atoms with van der Waals surface area (Å²) in [6, 6.07) is 1.81. The van der Waals surface area contributed by atoms with Gasteiger partial charge in [-0.05, 0) is 22.0 Å². The summed E-state index contributed by atoms with van der Waals surface area (Å²) in [5.74, 6) is -0.954. The first-order chi connectivity index (χ1) is 7.27. The van der Waals surface area contributed by atoms with Crippen LogP contribution in [-0.4, -0.2) is 13.3 Å². The van der Waals surface area contributed by atoms with Gasteiger partial charge in [0.15, 0.2) is 5.38 Å². The summed E-state index contributed by atoms with van der Waals surface area (Å²) in [6.45, 7) is 0. The van der Waals surface area contributed by atoms with Crippen molar-refractivity contribution in [2.75, 3.05) is 7.11 Å². The number of hydrogen-bond donors (Lipinski definition) is 0. The van der Waals surface area contributed by atoms with E-state index in [4.69, 9.17) is 11.6 Å². The van der Waals surface area contributed by atoms with Crippen molar-refractivity contribution in [2.45, 2.75) is 11.6 Å². The molecule has 0 radical (unpaired) electrons. The fourth-order valence-corrected chi connectivity index (χ4v) is 1.63. The van der Waals surface area contributed by atoms with Crippen LogP contribution in [0.4, 0.5) is 17.6 Å². The molecule has 1 atom stereocenters. The van der Waals surface area contributed by atoms with E-state index in [0.29, 0.717) is 0 Å². The number of halogens is 6. The number of benzene rings is 1. The predicted octanol–water partition coefficient (Wildman–Crippen LogP) is 4.44. The first-order valence-electron chi connectivity index (χ1n) is 4.01. The molecular weight excluding hydrogens is 315 g/mol. The highest BCUT2D eigenvalue weighted by Crippen LogP contribution is 2.43. The van der Waals surface area contributed by atoms with Crippen LogP contribution in [0.2, 0.25) is 0 Å². The molecule has 1 nitrogen and oxygen atoms in total. The van der Waals surface area contributed by atoms with Gasteiger partial charge in [-0.3, -0.25) is 0 Å². The highest BCUT2D eigenvalue weighted by Gasteiger charge is 2.41. The molecule has 1 aromatic carbocycles. The number of rotatable bonds is 2. The minimum Gasteiger partial charge on any atom is -0.496 e. The molecule has 0 N–H and O–H groups in total. The highest BCUT2D eigenvalue weighted by atomic mass is 79.9. The van der Waals surface area contributed by atoms with Crippen molar-refractivity contribution < 1.29 is 22.3 Å². The molecule has 1 aromatic rings. The minimum atomic E-state index is -4.62. The zero-order chi connectivity index (χ0) is 12.5. The van der Waals surface area contributed by atoms with Crippen LogP contribution in [0.1, 0.15) is 10.9 Å². The fraction of sp³-hybridized carbons (Fsp3) is 0.333. The van der Waals surface area contributed by atoms with E-state index >= 15 is 0 Å². The van der Waals surface area contributed by atoms with E-state index in [1.807, 2.05) is 0 Å². The van der Waals surface area contributed by atoms with E-state index in [0.717, 1.165) is 19.2 Å². The Morgan fingerprint density at radius 1 is 1.38 bits per heavy atom.